The summed E-state index contributed by atoms with van der Waals surface area (Å²) in [6.45, 7) is 1.90. The number of imidazole rings is 1. The first-order chi connectivity index (χ1) is 6.24. The maximum atomic E-state index is 10.7. The van der Waals surface area contributed by atoms with Crippen LogP contribution >= 0.6 is 15.9 Å². The molecule has 0 saturated heterocycles. The summed E-state index contributed by atoms with van der Waals surface area (Å²) in [5.41, 5.74) is 1.48. The van der Waals surface area contributed by atoms with Gasteiger partial charge >= 0.3 is 0 Å². The lowest BCUT2D eigenvalue weighted by molar-refractivity contribution is 0.112. The Morgan fingerprint density at radius 2 is 2.38 bits per heavy atom. The number of carbonyl (C=O) groups excluding carboxylic acids is 1. The van der Waals surface area contributed by atoms with Crippen molar-refractivity contribution in [2.24, 2.45) is 0 Å². The Kier molecular flexibility index (Phi) is 1.92. The second kappa shape index (κ2) is 2.96. The first kappa shape index (κ1) is 8.44. The van der Waals surface area contributed by atoms with Crippen LogP contribution in [0, 0.1) is 6.92 Å². The van der Waals surface area contributed by atoms with E-state index in [2.05, 4.69) is 20.9 Å². The molecule has 0 amide bonds. The van der Waals surface area contributed by atoms with Gasteiger partial charge in [-0.2, -0.15) is 0 Å². The fraction of sp³-hybridized carbons (Fsp3) is 0.111. The van der Waals surface area contributed by atoms with E-state index in [9.17, 15) is 4.79 Å². The predicted molar refractivity (Wildman–Crippen MR) is 53.0 cm³/mol. The molecule has 0 fully saturated rings. The van der Waals surface area contributed by atoms with E-state index in [1.165, 1.54) is 0 Å². The maximum absolute atomic E-state index is 10.7. The fourth-order valence-corrected chi connectivity index (χ4v) is 2.03. The molecule has 0 aliphatic carbocycles. The van der Waals surface area contributed by atoms with Crippen LogP contribution in [0.2, 0.25) is 0 Å². The molecule has 0 aliphatic heterocycles. The monoisotopic (exact) mass is 238 g/mol. The Hall–Kier alpha value is -1.16. The van der Waals surface area contributed by atoms with Gasteiger partial charge in [-0.1, -0.05) is 0 Å². The number of nitrogens with zero attached hydrogens (tertiary/aromatic N) is 2. The summed E-state index contributed by atoms with van der Waals surface area (Å²) in [5.74, 6) is 0.866. The third-order valence-corrected chi connectivity index (χ3v) is 2.51. The molecular weight excluding hydrogens is 232 g/mol. The topological polar surface area (TPSA) is 34.4 Å². The molecule has 66 valence electrons. The van der Waals surface area contributed by atoms with Crippen LogP contribution in [0.4, 0.5) is 0 Å². The largest absolute Gasteiger partial charge is 0.302 e. The second-order valence-corrected chi connectivity index (χ2v) is 3.50. The molecule has 0 saturated carbocycles. The molecule has 0 unspecified atom stereocenters. The molecule has 0 aromatic carbocycles. The number of halogens is 1. The molecule has 0 atom stereocenters. The zero-order valence-electron chi connectivity index (χ0n) is 6.99. The molecule has 2 heterocycles. The lowest BCUT2D eigenvalue weighted by Gasteiger charge is -1.97. The smallest absolute Gasteiger partial charge is 0.152 e. The highest BCUT2D eigenvalue weighted by Gasteiger charge is 2.08. The van der Waals surface area contributed by atoms with Crippen molar-refractivity contribution in [1.82, 2.24) is 9.38 Å². The highest BCUT2D eigenvalue weighted by molar-refractivity contribution is 9.10. The van der Waals surface area contributed by atoms with Crippen molar-refractivity contribution in [2.75, 3.05) is 0 Å². The van der Waals surface area contributed by atoms with Gasteiger partial charge in [0, 0.05) is 11.8 Å². The Morgan fingerprint density at radius 3 is 3.08 bits per heavy atom. The number of aldehydes is 1. The minimum absolute atomic E-state index is 0.648. The minimum Gasteiger partial charge on any atom is -0.302 e. The number of aryl methyl sites for hydroxylation is 1. The van der Waals surface area contributed by atoms with Crippen LogP contribution in [0.1, 0.15) is 16.2 Å². The van der Waals surface area contributed by atoms with Gasteiger partial charge in [0.25, 0.3) is 0 Å². The van der Waals surface area contributed by atoms with E-state index in [1.807, 2.05) is 23.6 Å². The van der Waals surface area contributed by atoms with Gasteiger partial charge in [-0.25, -0.2) is 4.98 Å². The highest BCUT2D eigenvalue weighted by atomic mass is 79.9. The van der Waals surface area contributed by atoms with Crippen molar-refractivity contribution in [1.29, 1.82) is 0 Å². The van der Waals surface area contributed by atoms with Gasteiger partial charge in [0.1, 0.15) is 10.4 Å². The van der Waals surface area contributed by atoms with Gasteiger partial charge in [-0.05, 0) is 35.0 Å². The molecule has 3 nitrogen and oxygen atoms in total. The number of carbonyl (C=O) groups is 1. The van der Waals surface area contributed by atoms with Crippen molar-refractivity contribution >= 4 is 27.7 Å². The first-order valence-electron chi connectivity index (χ1n) is 3.82. The van der Waals surface area contributed by atoms with Crippen molar-refractivity contribution in [3.05, 3.63) is 34.3 Å². The molecule has 0 spiro atoms. The zero-order chi connectivity index (χ0) is 9.42. The Bertz CT molecular complexity index is 476. The van der Waals surface area contributed by atoms with Crippen molar-refractivity contribution in [3.8, 4) is 0 Å². The van der Waals surface area contributed by atoms with E-state index in [4.69, 9.17) is 0 Å². The molecule has 0 bridgehead atoms. The highest BCUT2D eigenvalue weighted by Crippen LogP contribution is 2.20. The molecule has 0 aliphatic rings. The number of hydrogen-bond donors (Lipinski definition) is 0. The zero-order valence-corrected chi connectivity index (χ0v) is 8.58. The lowest BCUT2D eigenvalue weighted by atomic mass is 10.2. The maximum Gasteiger partial charge on any atom is 0.152 e. The minimum atomic E-state index is 0.648. The Labute approximate surface area is 83.5 Å². The SMILES string of the molecule is Cc1nc(Br)c2c(C=O)cccn12. The molecule has 13 heavy (non-hydrogen) atoms. The van der Waals surface area contributed by atoms with Gasteiger partial charge in [-0.3, -0.25) is 4.79 Å². The first-order valence-corrected chi connectivity index (χ1v) is 4.61. The van der Waals surface area contributed by atoms with Crippen LogP contribution in [0.5, 0.6) is 0 Å². The molecule has 0 N–H and O–H groups in total. The average Bonchev–Trinajstić information content (AvgIpc) is 2.43. The van der Waals surface area contributed by atoms with Gasteiger partial charge in [0.05, 0.1) is 5.52 Å². The van der Waals surface area contributed by atoms with Crippen molar-refractivity contribution < 1.29 is 4.79 Å². The van der Waals surface area contributed by atoms with E-state index in [0.717, 1.165) is 17.6 Å². The summed E-state index contributed by atoms with van der Waals surface area (Å²) in [7, 11) is 0. The van der Waals surface area contributed by atoms with E-state index in [0.29, 0.717) is 10.2 Å². The molecule has 2 rings (SSSR count). The summed E-state index contributed by atoms with van der Waals surface area (Å²) < 4.78 is 2.60. The van der Waals surface area contributed by atoms with Crippen LogP contribution in [0.15, 0.2) is 22.9 Å². The van der Waals surface area contributed by atoms with E-state index >= 15 is 0 Å². The Morgan fingerprint density at radius 1 is 1.62 bits per heavy atom. The van der Waals surface area contributed by atoms with Crippen LogP contribution < -0.4 is 0 Å². The van der Waals surface area contributed by atoms with Crippen molar-refractivity contribution in [2.45, 2.75) is 6.92 Å². The summed E-state index contributed by atoms with van der Waals surface area (Å²) in [5, 5.41) is 0. The number of rotatable bonds is 1. The summed E-state index contributed by atoms with van der Waals surface area (Å²) in [4.78, 5) is 14.9. The predicted octanol–water partition coefficient (Wildman–Crippen LogP) is 2.22. The summed E-state index contributed by atoms with van der Waals surface area (Å²) >= 11 is 3.32. The third kappa shape index (κ3) is 1.18. The quantitative estimate of drug-likeness (QED) is 0.715. The third-order valence-electron chi connectivity index (χ3n) is 1.96. The molecular formula is C9H7BrN2O. The number of pyridine rings is 1. The number of aromatic nitrogens is 2. The van der Waals surface area contributed by atoms with Gasteiger partial charge in [0.15, 0.2) is 6.29 Å². The lowest BCUT2D eigenvalue weighted by Crippen LogP contribution is -1.90. The average molecular weight is 239 g/mol. The van der Waals surface area contributed by atoms with Gasteiger partial charge in [0.2, 0.25) is 0 Å². The van der Waals surface area contributed by atoms with Crippen LogP contribution in [-0.4, -0.2) is 15.7 Å². The standard InChI is InChI=1S/C9H7BrN2O/c1-6-11-9(10)8-7(5-13)3-2-4-12(6)8/h2-5H,1H3. The summed E-state index contributed by atoms with van der Waals surface area (Å²) in [6, 6.07) is 3.60. The molecule has 4 heteroatoms. The normalized spacial score (nSPS) is 10.6. The summed E-state index contributed by atoms with van der Waals surface area (Å²) in [6.07, 6.45) is 2.72. The molecule has 2 aromatic rings. The molecule has 2 aromatic heterocycles. The van der Waals surface area contributed by atoms with Gasteiger partial charge in [-0.15, -0.1) is 0 Å². The fourth-order valence-electron chi connectivity index (χ4n) is 1.36. The van der Waals surface area contributed by atoms with E-state index in [1.54, 1.807) is 6.07 Å². The van der Waals surface area contributed by atoms with E-state index < -0.39 is 0 Å². The van der Waals surface area contributed by atoms with Gasteiger partial charge < -0.3 is 4.40 Å². The van der Waals surface area contributed by atoms with E-state index in [-0.39, 0.29) is 0 Å². The molecule has 0 radical (unpaired) electrons. The second-order valence-electron chi connectivity index (χ2n) is 2.75. The van der Waals surface area contributed by atoms with Crippen LogP contribution in [0.25, 0.3) is 5.52 Å². The van der Waals surface area contributed by atoms with Crippen LogP contribution in [0.3, 0.4) is 0 Å². The van der Waals surface area contributed by atoms with Crippen LogP contribution in [-0.2, 0) is 0 Å². The number of hydrogen-bond acceptors (Lipinski definition) is 2. The van der Waals surface area contributed by atoms with Crippen molar-refractivity contribution in [3.63, 3.8) is 0 Å². The number of fused-ring (bicyclic) bond motifs is 1. The Balaban J connectivity index is 2.96.